The Morgan fingerprint density at radius 3 is 2.61 bits per heavy atom. The molecule has 3 nitrogen and oxygen atoms in total. The summed E-state index contributed by atoms with van der Waals surface area (Å²) in [4.78, 5) is 9.57. The topological polar surface area (TPSA) is 37.8 Å². The number of benzene rings is 1. The lowest BCUT2D eigenvalue weighted by Crippen LogP contribution is -2.07. The van der Waals surface area contributed by atoms with Gasteiger partial charge >= 0.3 is 0 Å². The van der Waals surface area contributed by atoms with E-state index in [9.17, 15) is 0 Å². The van der Waals surface area contributed by atoms with Gasteiger partial charge in [0.25, 0.3) is 0 Å². The van der Waals surface area contributed by atoms with Crippen molar-refractivity contribution in [2.24, 2.45) is 0 Å². The van der Waals surface area contributed by atoms with Gasteiger partial charge in [0.15, 0.2) is 0 Å². The summed E-state index contributed by atoms with van der Waals surface area (Å²) >= 11 is 1.86. The lowest BCUT2D eigenvalue weighted by Gasteiger charge is -2.14. The van der Waals surface area contributed by atoms with Crippen LogP contribution in [-0.4, -0.2) is 15.7 Å². The van der Waals surface area contributed by atoms with Crippen LogP contribution in [0.3, 0.4) is 0 Å². The molecule has 0 aliphatic rings. The molecule has 94 valence electrons. The van der Waals surface area contributed by atoms with Gasteiger partial charge in [-0.3, -0.25) is 4.98 Å². The maximum Gasteiger partial charge on any atom is 0.144 e. The molecule has 0 amide bonds. The molecular weight excluding hydrogens is 242 g/mol. The van der Waals surface area contributed by atoms with Crippen LogP contribution >= 0.6 is 11.8 Å². The van der Waals surface area contributed by atoms with E-state index >= 15 is 0 Å². The standard InChI is InChI=1S/C14H17N3S/c1-3-18-13-6-4-12(5-7-13)11(2)17-14-10-15-8-9-16-14/h4-11H,3H2,1-2H3,(H,16,17). The van der Waals surface area contributed by atoms with Crippen LogP contribution in [0.5, 0.6) is 0 Å². The minimum absolute atomic E-state index is 0.224. The second kappa shape index (κ2) is 6.40. The van der Waals surface area contributed by atoms with Crippen molar-refractivity contribution >= 4 is 17.6 Å². The first-order chi connectivity index (χ1) is 8.79. The first kappa shape index (κ1) is 12.9. The Labute approximate surface area is 112 Å². The summed E-state index contributed by atoms with van der Waals surface area (Å²) in [5.74, 6) is 1.91. The molecule has 1 heterocycles. The summed E-state index contributed by atoms with van der Waals surface area (Å²) in [5, 5.41) is 3.33. The van der Waals surface area contributed by atoms with Gasteiger partial charge in [-0.05, 0) is 30.4 Å². The van der Waals surface area contributed by atoms with Crippen molar-refractivity contribution in [2.45, 2.75) is 24.8 Å². The van der Waals surface area contributed by atoms with Gasteiger partial charge in [-0.15, -0.1) is 11.8 Å². The molecule has 2 aromatic rings. The van der Waals surface area contributed by atoms with E-state index in [1.54, 1.807) is 18.6 Å². The fourth-order valence-electron chi connectivity index (χ4n) is 1.70. The molecule has 0 aliphatic heterocycles. The van der Waals surface area contributed by atoms with E-state index in [0.29, 0.717) is 0 Å². The van der Waals surface area contributed by atoms with Crippen molar-refractivity contribution in [2.75, 3.05) is 11.1 Å². The Morgan fingerprint density at radius 1 is 1.22 bits per heavy atom. The molecule has 1 unspecified atom stereocenters. The fraction of sp³-hybridized carbons (Fsp3) is 0.286. The molecule has 4 heteroatoms. The molecule has 1 aromatic heterocycles. The molecule has 0 saturated heterocycles. The molecule has 18 heavy (non-hydrogen) atoms. The molecule has 0 aliphatic carbocycles. The summed E-state index contributed by atoms with van der Waals surface area (Å²) in [7, 11) is 0. The van der Waals surface area contributed by atoms with Crippen LogP contribution < -0.4 is 5.32 Å². The number of rotatable bonds is 5. The lowest BCUT2D eigenvalue weighted by molar-refractivity contribution is 0.869. The number of thioether (sulfide) groups is 1. The lowest BCUT2D eigenvalue weighted by atomic mass is 10.1. The summed E-state index contributed by atoms with van der Waals surface area (Å²) in [6, 6.07) is 8.87. The highest BCUT2D eigenvalue weighted by Gasteiger charge is 2.05. The van der Waals surface area contributed by atoms with E-state index in [0.717, 1.165) is 11.6 Å². The van der Waals surface area contributed by atoms with E-state index in [-0.39, 0.29) is 6.04 Å². The van der Waals surface area contributed by atoms with Crippen LogP contribution in [0.15, 0.2) is 47.8 Å². The maximum atomic E-state index is 4.21. The smallest absolute Gasteiger partial charge is 0.144 e. The van der Waals surface area contributed by atoms with Gasteiger partial charge in [-0.25, -0.2) is 4.98 Å². The molecular formula is C14H17N3S. The van der Waals surface area contributed by atoms with E-state index in [1.807, 2.05) is 11.8 Å². The Hall–Kier alpha value is -1.55. The highest BCUT2D eigenvalue weighted by atomic mass is 32.2. The molecule has 0 saturated carbocycles. The Morgan fingerprint density at radius 2 is 2.00 bits per heavy atom. The van der Waals surface area contributed by atoms with Crippen LogP contribution in [0.4, 0.5) is 5.82 Å². The number of aromatic nitrogens is 2. The van der Waals surface area contributed by atoms with Crippen molar-refractivity contribution < 1.29 is 0 Å². The third kappa shape index (κ3) is 3.47. The minimum atomic E-state index is 0.224. The van der Waals surface area contributed by atoms with Crippen molar-refractivity contribution in [3.63, 3.8) is 0 Å². The predicted octanol–water partition coefficient (Wildman–Crippen LogP) is 3.76. The summed E-state index contributed by atoms with van der Waals surface area (Å²) < 4.78 is 0. The minimum Gasteiger partial charge on any atom is -0.362 e. The molecule has 0 bridgehead atoms. The summed E-state index contributed by atoms with van der Waals surface area (Å²) in [6.45, 7) is 4.29. The molecule has 1 aromatic carbocycles. The average molecular weight is 259 g/mol. The van der Waals surface area contributed by atoms with Crippen LogP contribution in [0.1, 0.15) is 25.5 Å². The second-order valence-electron chi connectivity index (χ2n) is 3.96. The average Bonchev–Trinajstić information content (AvgIpc) is 2.41. The van der Waals surface area contributed by atoms with Gasteiger partial charge in [0, 0.05) is 23.3 Å². The zero-order chi connectivity index (χ0) is 12.8. The number of nitrogens with one attached hydrogen (secondary N) is 1. The molecule has 1 atom stereocenters. The van der Waals surface area contributed by atoms with Crippen LogP contribution in [0, 0.1) is 0 Å². The van der Waals surface area contributed by atoms with Crippen molar-refractivity contribution in [1.29, 1.82) is 0 Å². The van der Waals surface area contributed by atoms with E-state index < -0.39 is 0 Å². The second-order valence-corrected chi connectivity index (χ2v) is 5.30. The van der Waals surface area contributed by atoms with Crippen molar-refractivity contribution in [3.05, 3.63) is 48.4 Å². The molecule has 1 N–H and O–H groups in total. The molecule has 0 fully saturated rings. The number of hydrogen-bond donors (Lipinski definition) is 1. The largest absolute Gasteiger partial charge is 0.362 e. The molecule has 2 rings (SSSR count). The number of nitrogens with zero attached hydrogens (tertiary/aromatic N) is 2. The van der Waals surface area contributed by atoms with Gasteiger partial charge in [-0.2, -0.15) is 0 Å². The third-order valence-electron chi connectivity index (χ3n) is 2.62. The van der Waals surface area contributed by atoms with Gasteiger partial charge < -0.3 is 5.32 Å². The number of anilines is 1. The quantitative estimate of drug-likeness (QED) is 0.830. The van der Waals surface area contributed by atoms with Gasteiger partial charge in [-0.1, -0.05) is 19.1 Å². The fourth-order valence-corrected chi connectivity index (χ4v) is 2.36. The van der Waals surface area contributed by atoms with Gasteiger partial charge in [0.1, 0.15) is 5.82 Å². The van der Waals surface area contributed by atoms with Gasteiger partial charge in [0.05, 0.1) is 6.20 Å². The SMILES string of the molecule is CCSc1ccc(C(C)Nc2cnccn2)cc1. The monoisotopic (exact) mass is 259 g/mol. The highest BCUT2D eigenvalue weighted by Crippen LogP contribution is 2.22. The first-order valence-electron chi connectivity index (χ1n) is 6.05. The normalized spacial score (nSPS) is 12.1. The summed E-state index contributed by atoms with van der Waals surface area (Å²) in [5.41, 5.74) is 1.25. The maximum absolute atomic E-state index is 4.21. The van der Waals surface area contributed by atoms with Crippen molar-refractivity contribution in [3.8, 4) is 0 Å². The molecule has 0 radical (unpaired) electrons. The number of hydrogen-bond acceptors (Lipinski definition) is 4. The molecule has 0 spiro atoms. The van der Waals surface area contributed by atoms with Gasteiger partial charge in [0.2, 0.25) is 0 Å². The first-order valence-corrected chi connectivity index (χ1v) is 7.03. The third-order valence-corrected chi connectivity index (χ3v) is 3.51. The van der Waals surface area contributed by atoms with E-state index in [1.165, 1.54) is 10.5 Å². The predicted molar refractivity (Wildman–Crippen MR) is 76.9 cm³/mol. The highest BCUT2D eigenvalue weighted by molar-refractivity contribution is 7.99. The van der Waals surface area contributed by atoms with E-state index in [4.69, 9.17) is 0 Å². The Kier molecular flexibility index (Phi) is 4.59. The van der Waals surface area contributed by atoms with Crippen LogP contribution in [0.25, 0.3) is 0 Å². The Balaban J connectivity index is 2.02. The van der Waals surface area contributed by atoms with Crippen LogP contribution in [-0.2, 0) is 0 Å². The van der Waals surface area contributed by atoms with Crippen LogP contribution in [0.2, 0.25) is 0 Å². The van der Waals surface area contributed by atoms with E-state index in [2.05, 4.69) is 53.4 Å². The zero-order valence-corrected chi connectivity index (χ0v) is 11.4. The Bertz CT molecular complexity index is 470. The van der Waals surface area contributed by atoms with Crippen molar-refractivity contribution in [1.82, 2.24) is 9.97 Å². The zero-order valence-electron chi connectivity index (χ0n) is 10.6. The summed E-state index contributed by atoms with van der Waals surface area (Å²) in [6.07, 6.45) is 5.10.